The second-order valence-corrected chi connectivity index (χ2v) is 6.77. The van der Waals surface area contributed by atoms with Crippen LogP contribution in [-0.4, -0.2) is 35.2 Å². The highest BCUT2D eigenvalue weighted by Crippen LogP contribution is 2.36. The van der Waals surface area contributed by atoms with Crippen molar-refractivity contribution < 1.29 is 9.13 Å². The van der Waals surface area contributed by atoms with Crippen LogP contribution in [0.25, 0.3) is 10.9 Å². The molecule has 4 nitrogen and oxygen atoms in total. The Morgan fingerprint density at radius 1 is 1.30 bits per heavy atom. The zero-order valence-corrected chi connectivity index (χ0v) is 13.1. The number of hydrogen-bond donors (Lipinski definition) is 1. The van der Waals surface area contributed by atoms with Gasteiger partial charge in [0.15, 0.2) is 5.43 Å². The van der Waals surface area contributed by atoms with Gasteiger partial charge in [0, 0.05) is 36.8 Å². The number of H-pyrrole nitrogens is 1. The molecule has 1 aromatic heterocycles. The number of rotatable bonds is 2. The third-order valence-corrected chi connectivity index (χ3v) is 5.11. The van der Waals surface area contributed by atoms with Crippen molar-refractivity contribution in [1.29, 1.82) is 0 Å². The molecule has 1 spiro atoms. The molecule has 1 aliphatic heterocycles. The number of benzene rings is 1. The number of nitrogens with zero attached hydrogens (tertiary/aromatic N) is 1. The molecule has 0 amide bonds. The van der Waals surface area contributed by atoms with Crippen molar-refractivity contribution in [2.24, 2.45) is 0 Å². The fraction of sp³-hybridized carbons (Fsp3) is 0.500. The average Bonchev–Trinajstić information content (AvgIpc) is 2.96. The first-order valence-corrected chi connectivity index (χ1v) is 8.32. The summed E-state index contributed by atoms with van der Waals surface area (Å²) in [7, 11) is 0. The zero-order valence-electron chi connectivity index (χ0n) is 13.1. The first-order chi connectivity index (χ1) is 11.2. The van der Waals surface area contributed by atoms with Gasteiger partial charge >= 0.3 is 0 Å². The van der Waals surface area contributed by atoms with E-state index in [2.05, 4.69) is 9.88 Å². The predicted octanol–water partition coefficient (Wildman–Crippen LogP) is 2.81. The second kappa shape index (κ2) is 5.73. The fourth-order valence-electron chi connectivity index (χ4n) is 4.00. The Morgan fingerprint density at radius 2 is 2.13 bits per heavy atom. The van der Waals surface area contributed by atoms with Gasteiger partial charge in [0.1, 0.15) is 5.82 Å². The molecule has 122 valence electrons. The highest BCUT2D eigenvalue weighted by Gasteiger charge is 2.39. The number of pyridine rings is 1. The van der Waals surface area contributed by atoms with E-state index in [0.717, 1.165) is 38.2 Å². The maximum Gasteiger partial charge on any atom is 0.189 e. The molecule has 0 bridgehead atoms. The van der Waals surface area contributed by atoms with E-state index in [9.17, 15) is 9.18 Å². The van der Waals surface area contributed by atoms with Gasteiger partial charge in [-0.05, 0) is 25.0 Å². The Balaban J connectivity index is 1.60. The normalized spacial score (nSPS) is 21.3. The van der Waals surface area contributed by atoms with Gasteiger partial charge in [-0.1, -0.05) is 18.9 Å². The van der Waals surface area contributed by atoms with Crippen molar-refractivity contribution in [2.45, 2.75) is 37.8 Å². The van der Waals surface area contributed by atoms with Crippen molar-refractivity contribution in [3.05, 3.63) is 46.0 Å². The maximum absolute atomic E-state index is 14.0. The zero-order chi connectivity index (χ0) is 15.9. The molecule has 23 heavy (non-hydrogen) atoms. The molecule has 1 N–H and O–H groups in total. The van der Waals surface area contributed by atoms with Gasteiger partial charge in [-0.3, -0.25) is 9.69 Å². The summed E-state index contributed by atoms with van der Waals surface area (Å²) in [5.41, 5.74) is 0.944. The molecule has 2 heterocycles. The largest absolute Gasteiger partial charge is 0.372 e. The number of para-hydroxylation sites is 1. The van der Waals surface area contributed by atoms with Crippen molar-refractivity contribution >= 4 is 10.9 Å². The van der Waals surface area contributed by atoms with Crippen molar-refractivity contribution in [2.75, 3.05) is 19.7 Å². The first-order valence-electron chi connectivity index (χ1n) is 8.32. The molecule has 1 aliphatic carbocycles. The van der Waals surface area contributed by atoms with Gasteiger partial charge in [0.25, 0.3) is 0 Å². The number of ether oxygens (including phenoxy) is 1. The Hall–Kier alpha value is -1.72. The number of hydrogen-bond acceptors (Lipinski definition) is 3. The topological polar surface area (TPSA) is 45.3 Å². The third-order valence-electron chi connectivity index (χ3n) is 5.11. The van der Waals surface area contributed by atoms with Crippen LogP contribution in [0.2, 0.25) is 0 Å². The highest BCUT2D eigenvalue weighted by molar-refractivity contribution is 5.78. The minimum Gasteiger partial charge on any atom is -0.372 e. The van der Waals surface area contributed by atoms with E-state index in [1.54, 1.807) is 18.2 Å². The smallest absolute Gasteiger partial charge is 0.189 e. The summed E-state index contributed by atoms with van der Waals surface area (Å²) in [6, 6.07) is 6.20. The van der Waals surface area contributed by atoms with E-state index >= 15 is 0 Å². The van der Waals surface area contributed by atoms with Crippen LogP contribution in [-0.2, 0) is 11.3 Å². The standard InChI is InChI=1S/C18H21FN2O2/c19-15-5-3-4-14-16(22)10-13(20-17(14)15)11-21-8-9-23-18(12-21)6-1-2-7-18/h3-5,10H,1-2,6-9,11-12H2,(H,20,22). The number of nitrogens with one attached hydrogen (secondary N) is 1. The Kier molecular flexibility index (Phi) is 3.70. The van der Waals surface area contributed by atoms with Crippen molar-refractivity contribution in [3.8, 4) is 0 Å². The quantitative estimate of drug-likeness (QED) is 0.926. The van der Waals surface area contributed by atoms with Crippen LogP contribution < -0.4 is 5.43 Å². The van der Waals surface area contributed by atoms with Crippen LogP contribution in [0.4, 0.5) is 4.39 Å². The minimum absolute atomic E-state index is 0.000638. The molecule has 1 saturated heterocycles. The van der Waals surface area contributed by atoms with E-state index in [0.29, 0.717) is 17.4 Å². The summed E-state index contributed by atoms with van der Waals surface area (Å²) in [4.78, 5) is 17.6. The fourth-order valence-corrected chi connectivity index (χ4v) is 4.00. The second-order valence-electron chi connectivity index (χ2n) is 6.77. The van der Waals surface area contributed by atoms with Crippen LogP contribution >= 0.6 is 0 Å². The monoisotopic (exact) mass is 316 g/mol. The molecule has 1 aromatic carbocycles. The van der Waals surface area contributed by atoms with E-state index in [1.807, 2.05) is 0 Å². The van der Waals surface area contributed by atoms with E-state index in [-0.39, 0.29) is 16.8 Å². The summed E-state index contributed by atoms with van der Waals surface area (Å²) in [6.07, 6.45) is 4.69. The summed E-state index contributed by atoms with van der Waals surface area (Å²) in [6.45, 7) is 3.10. The molecule has 5 heteroatoms. The maximum atomic E-state index is 14.0. The number of fused-ring (bicyclic) bond motifs is 1. The molecular weight excluding hydrogens is 295 g/mol. The Bertz CT molecular complexity index is 780. The van der Waals surface area contributed by atoms with Gasteiger partial charge in [-0.15, -0.1) is 0 Å². The molecule has 0 radical (unpaired) electrons. The summed E-state index contributed by atoms with van der Waals surface area (Å²) >= 11 is 0. The van der Waals surface area contributed by atoms with Crippen LogP contribution in [0.15, 0.2) is 29.1 Å². The summed E-state index contributed by atoms with van der Waals surface area (Å²) in [5.74, 6) is -0.379. The highest BCUT2D eigenvalue weighted by atomic mass is 19.1. The Morgan fingerprint density at radius 3 is 2.96 bits per heavy atom. The van der Waals surface area contributed by atoms with Gasteiger partial charge in [0.05, 0.1) is 17.7 Å². The van der Waals surface area contributed by atoms with Crippen LogP contribution in [0.1, 0.15) is 31.4 Å². The van der Waals surface area contributed by atoms with Gasteiger partial charge in [-0.2, -0.15) is 0 Å². The van der Waals surface area contributed by atoms with E-state index in [1.165, 1.54) is 18.9 Å². The van der Waals surface area contributed by atoms with Gasteiger partial charge in [-0.25, -0.2) is 4.39 Å². The number of aromatic amines is 1. The predicted molar refractivity (Wildman–Crippen MR) is 87.0 cm³/mol. The molecule has 4 rings (SSSR count). The lowest BCUT2D eigenvalue weighted by Gasteiger charge is -2.40. The van der Waals surface area contributed by atoms with Crippen LogP contribution in [0.3, 0.4) is 0 Å². The SMILES string of the molecule is O=c1cc(CN2CCOC3(CCCC3)C2)[nH]c2c(F)cccc12. The summed E-state index contributed by atoms with van der Waals surface area (Å²) in [5, 5.41) is 0.406. The first kappa shape index (κ1) is 14.8. The van der Waals surface area contributed by atoms with Gasteiger partial charge < -0.3 is 9.72 Å². The molecule has 0 unspecified atom stereocenters. The average molecular weight is 316 g/mol. The molecule has 2 aromatic rings. The molecule has 1 saturated carbocycles. The number of morpholine rings is 1. The summed E-state index contributed by atoms with van der Waals surface area (Å²) < 4.78 is 20.0. The van der Waals surface area contributed by atoms with Crippen LogP contribution in [0.5, 0.6) is 0 Å². The lowest BCUT2D eigenvalue weighted by atomic mass is 9.99. The third kappa shape index (κ3) is 2.79. The molecule has 0 atom stereocenters. The lowest BCUT2D eigenvalue weighted by Crippen LogP contribution is -2.49. The van der Waals surface area contributed by atoms with Crippen LogP contribution in [0, 0.1) is 5.82 Å². The molecule has 2 fully saturated rings. The Labute approximate surface area is 134 Å². The van der Waals surface area contributed by atoms with Gasteiger partial charge in [0.2, 0.25) is 0 Å². The van der Waals surface area contributed by atoms with Crippen molar-refractivity contribution in [1.82, 2.24) is 9.88 Å². The molecular formula is C18H21FN2O2. The number of aromatic nitrogens is 1. The van der Waals surface area contributed by atoms with E-state index in [4.69, 9.17) is 4.74 Å². The van der Waals surface area contributed by atoms with E-state index < -0.39 is 0 Å². The van der Waals surface area contributed by atoms with Crippen molar-refractivity contribution in [3.63, 3.8) is 0 Å². The number of halogens is 1. The molecule has 2 aliphatic rings. The minimum atomic E-state index is -0.379. The lowest BCUT2D eigenvalue weighted by molar-refractivity contribution is -0.107.